The van der Waals surface area contributed by atoms with E-state index in [0.717, 1.165) is 11.1 Å². The highest BCUT2D eigenvalue weighted by atomic mass is 32.1. The third-order valence-corrected chi connectivity index (χ3v) is 4.78. The summed E-state index contributed by atoms with van der Waals surface area (Å²) in [6.45, 7) is 2.04. The van der Waals surface area contributed by atoms with E-state index in [2.05, 4.69) is 20.3 Å². The lowest BCUT2D eigenvalue weighted by molar-refractivity contribution is -0.123. The van der Waals surface area contributed by atoms with Gasteiger partial charge < -0.3 is 10.6 Å². The van der Waals surface area contributed by atoms with Crippen LogP contribution < -0.4 is 10.6 Å². The number of amides is 1. The normalized spacial score (nSPS) is 12.8. The third kappa shape index (κ3) is 4.71. The number of hydrogen-bond donors (Lipinski definition) is 2. The lowest BCUT2D eigenvalue weighted by atomic mass is 10.1. The summed E-state index contributed by atoms with van der Waals surface area (Å²) < 4.78 is 51.0. The predicted molar refractivity (Wildman–Crippen MR) is 96.8 cm³/mol. The lowest BCUT2D eigenvalue weighted by Crippen LogP contribution is -2.34. The van der Waals surface area contributed by atoms with Crippen LogP contribution in [0.5, 0.6) is 0 Å². The molecule has 6 nitrogen and oxygen atoms in total. The van der Waals surface area contributed by atoms with Crippen LogP contribution in [0.2, 0.25) is 0 Å². The first-order valence-corrected chi connectivity index (χ1v) is 8.94. The highest BCUT2D eigenvalue weighted by Gasteiger charge is 2.29. The minimum atomic E-state index is -4.53. The molecule has 0 radical (unpaired) electrons. The molecule has 2 N–H and O–H groups in total. The second-order valence-electron chi connectivity index (χ2n) is 6.07. The molecule has 0 aliphatic heterocycles. The van der Waals surface area contributed by atoms with Crippen LogP contribution in [0.4, 0.5) is 23.5 Å². The van der Waals surface area contributed by atoms with E-state index in [-0.39, 0.29) is 11.6 Å². The number of carbonyl (C=O) groups is 1. The Kier molecular flexibility index (Phi) is 5.45. The molecule has 3 aromatic heterocycles. The minimum absolute atomic E-state index is 0.0409. The topological polar surface area (TPSA) is 79.8 Å². The van der Waals surface area contributed by atoms with Crippen LogP contribution in [-0.2, 0) is 0 Å². The maximum absolute atomic E-state index is 13.4. The predicted octanol–water partition coefficient (Wildman–Crippen LogP) is 4.00. The van der Waals surface area contributed by atoms with Gasteiger partial charge in [-0.15, -0.1) is 11.3 Å². The van der Waals surface area contributed by atoms with Crippen LogP contribution in [0.3, 0.4) is 0 Å². The van der Waals surface area contributed by atoms with Gasteiger partial charge in [0.15, 0.2) is 5.69 Å². The summed E-state index contributed by atoms with van der Waals surface area (Å²) in [5, 5.41) is 4.75. The molecule has 0 unspecified atom stereocenters. The average Bonchev–Trinajstić information content (AvgIpc) is 2.98. The van der Waals surface area contributed by atoms with E-state index in [4.69, 9.17) is 0 Å². The van der Waals surface area contributed by atoms with Crippen molar-refractivity contribution in [2.45, 2.75) is 26.1 Å². The molecule has 0 aromatic carbocycles. The Labute approximate surface area is 161 Å². The van der Waals surface area contributed by atoms with Crippen molar-refractivity contribution in [1.82, 2.24) is 20.3 Å². The van der Waals surface area contributed by atoms with Crippen LogP contribution in [0.1, 0.15) is 33.9 Å². The molecular weight excluding hydrogens is 398 g/mol. The van der Waals surface area contributed by atoms with E-state index in [0.29, 0.717) is 15.8 Å². The number of nitrogens with zero attached hydrogens (tertiary/aromatic N) is 3. The number of aromatic nitrogens is 3. The number of carbonyl (C=O) groups excluding carboxylic acids is 1. The quantitative estimate of drug-likeness (QED) is 0.618. The minimum Gasteiger partial charge on any atom is -0.348 e. The highest BCUT2D eigenvalue weighted by molar-refractivity contribution is 7.19. The Hall–Kier alpha value is -2.82. The third-order valence-electron chi connectivity index (χ3n) is 3.73. The van der Waals surface area contributed by atoms with Gasteiger partial charge in [0.05, 0.1) is 22.5 Å². The van der Waals surface area contributed by atoms with E-state index in [1.807, 2.05) is 5.32 Å². The molecular formula is C17H15F4N5OS. The molecule has 0 bridgehead atoms. The number of halogens is 4. The van der Waals surface area contributed by atoms with E-state index in [9.17, 15) is 22.4 Å². The maximum Gasteiger partial charge on any atom is 0.405 e. The van der Waals surface area contributed by atoms with Gasteiger partial charge in [-0.3, -0.25) is 9.78 Å². The fourth-order valence-corrected chi connectivity index (χ4v) is 3.41. The first-order chi connectivity index (χ1) is 13.1. The average molecular weight is 413 g/mol. The number of rotatable bonds is 5. The number of pyridine rings is 1. The first-order valence-electron chi connectivity index (χ1n) is 8.12. The molecule has 3 aromatic rings. The smallest absolute Gasteiger partial charge is 0.348 e. The Morgan fingerprint density at radius 3 is 2.68 bits per heavy atom. The monoisotopic (exact) mass is 413 g/mol. The van der Waals surface area contributed by atoms with Crippen molar-refractivity contribution in [2.75, 3.05) is 11.9 Å². The van der Waals surface area contributed by atoms with E-state index in [1.54, 1.807) is 19.9 Å². The van der Waals surface area contributed by atoms with Crippen molar-refractivity contribution < 1.29 is 22.4 Å². The summed E-state index contributed by atoms with van der Waals surface area (Å²) in [5.41, 5.74) is 0.800. The van der Waals surface area contributed by atoms with Crippen molar-refractivity contribution in [3.8, 4) is 0 Å². The zero-order valence-corrected chi connectivity index (χ0v) is 15.6. The fourth-order valence-electron chi connectivity index (χ4n) is 2.47. The standard InChI is InChI=1S/C17H15F4N5OS/c1-8-3-12-14(28-8)13(15(27)23-7-17(19,20)21)26-16(25-12)24-9(2)10-4-11(18)6-22-5-10/h3-6,9H,7H2,1-2H3,(H,23,27)(H,24,25,26)/t9-/m0/s1. The second kappa shape index (κ2) is 7.66. The molecule has 0 fully saturated rings. The number of nitrogens with one attached hydrogen (secondary N) is 2. The molecule has 3 rings (SSSR count). The van der Waals surface area contributed by atoms with Crippen LogP contribution >= 0.6 is 11.3 Å². The largest absolute Gasteiger partial charge is 0.405 e. The Morgan fingerprint density at radius 2 is 2.00 bits per heavy atom. The lowest BCUT2D eigenvalue weighted by Gasteiger charge is -2.15. The maximum atomic E-state index is 13.4. The van der Waals surface area contributed by atoms with Gasteiger partial charge in [-0.1, -0.05) is 0 Å². The molecule has 0 saturated carbocycles. The molecule has 0 saturated heterocycles. The van der Waals surface area contributed by atoms with Crippen LogP contribution in [0, 0.1) is 12.7 Å². The van der Waals surface area contributed by atoms with Gasteiger partial charge >= 0.3 is 6.18 Å². The van der Waals surface area contributed by atoms with Gasteiger partial charge in [-0.2, -0.15) is 13.2 Å². The zero-order chi connectivity index (χ0) is 20.5. The Bertz CT molecular complexity index is 1020. The molecule has 148 valence electrons. The number of alkyl halides is 3. The van der Waals surface area contributed by atoms with Crippen molar-refractivity contribution in [2.24, 2.45) is 0 Å². The highest BCUT2D eigenvalue weighted by Crippen LogP contribution is 2.28. The fraction of sp³-hybridized carbons (Fsp3) is 0.294. The summed E-state index contributed by atoms with van der Waals surface area (Å²) in [7, 11) is 0. The first kappa shape index (κ1) is 19.9. The van der Waals surface area contributed by atoms with Gasteiger partial charge in [0.2, 0.25) is 5.95 Å². The van der Waals surface area contributed by atoms with E-state index in [1.165, 1.54) is 23.6 Å². The van der Waals surface area contributed by atoms with Crippen LogP contribution in [0.15, 0.2) is 24.5 Å². The van der Waals surface area contributed by atoms with Gasteiger partial charge in [-0.25, -0.2) is 14.4 Å². The number of aryl methyl sites for hydroxylation is 1. The SMILES string of the molecule is Cc1cc2nc(N[C@@H](C)c3cncc(F)c3)nc(C(=O)NCC(F)(F)F)c2s1. The molecule has 0 spiro atoms. The van der Waals surface area contributed by atoms with Crippen LogP contribution in [-0.4, -0.2) is 33.6 Å². The summed E-state index contributed by atoms with van der Waals surface area (Å²) in [5.74, 6) is -1.42. The molecule has 1 atom stereocenters. The number of thiophene rings is 1. The summed E-state index contributed by atoms with van der Waals surface area (Å²) in [6.07, 6.45) is -2.01. The van der Waals surface area contributed by atoms with E-state index >= 15 is 0 Å². The Morgan fingerprint density at radius 1 is 1.25 bits per heavy atom. The summed E-state index contributed by atoms with van der Waals surface area (Å²) in [4.78, 5) is 25.3. The second-order valence-corrected chi connectivity index (χ2v) is 7.32. The zero-order valence-electron chi connectivity index (χ0n) is 14.8. The van der Waals surface area contributed by atoms with Gasteiger partial charge in [-0.05, 0) is 31.5 Å². The van der Waals surface area contributed by atoms with Crippen molar-refractivity contribution in [1.29, 1.82) is 0 Å². The van der Waals surface area contributed by atoms with E-state index < -0.39 is 30.5 Å². The number of hydrogen-bond acceptors (Lipinski definition) is 6. The summed E-state index contributed by atoms with van der Waals surface area (Å²) >= 11 is 1.21. The Balaban J connectivity index is 1.92. The number of anilines is 1. The molecule has 11 heteroatoms. The molecule has 0 aliphatic rings. The van der Waals surface area contributed by atoms with Gasteiger partial charge in [0.1, 0.15) is 12.4 Å². The van der Waals surface area contributed by atoms with Gasteiger partial charge in [0, 0.05) is 11.1 Å². The van der Waals surface area contributed by atoms with Crippen molar-refractivity contribution >= 4 is 33.4 Å². The molecule has 1 amide bonds. The molecule has 28 heavy (non-hydrogen) atoms. The van der Waals surface area contributed by atoms with Crippen molar-refractivity contribution in [3.63, 3.8) is 0 Å². The number of fused-ring (bicyclic) bond motifs is 1. The molecule has 3 heterocycles. The summed E-state index contributed by atoms with van der Waals surface area (Å²) in [6, 6.07) is 2.54. The molecule has 0 aliphatic carbocycles. The van der Waals surface area contributed by atoms with Crippen molar-refractivity contribution in [3.05, 3.63) is 46.5 Å². The van der Waals surface area contributed by atoms with Crippen LogP contribution in [0.25, 0.3) is 10.2 Å². The van der Waals surface area contributed by atoms with Gasteiger partial charge in [0.25, 0.3) is 5.91 Å².